The highest BCUT2D eigenvalue weighted by molar-refractivity contribution is 7.17. The van der Waals surface area contributed by atoms with Crippen molar-refractivity contribution in [3.63, 3.8) is 0 Å². The van der Waals surface area contributed by atoms with Gasteiger partial charge in [-0.15, -0.1) is 11.3 Å². The van der Waals surface area contributed by atoms with Crippen molar-refractivity contribution in [2.75, 3.05) is 0 Å². The van der Waals surface area contributed by atoms with Crippen LogP contribution < -0.4 is 10.5 Å². The monoisotopic (exact) mass is 398 g/mol. The zero-order chi connectivity index (χ0) is 19.0. The number of imidazole rings is 1. The van der Waals surface area contributed by atoms with Crippen LogP contribution in [0.1, 0.15) is 28.3 Å². The SMILES string of the molecule is CC(Oc1nc(-c2cnc3ccccn23)sc1C(N)=O)c1ccccc1Cl. The predicted molar refractivity (Wildman–Crippen MR) is 105 cm³/mol. The van der Waals surface area contributed by atoms with Crippen LogP contribution >= 0.6 is 22.9 Å². The molecule has 4 rings (SSSR count). The van der Waals surface area contributed by atoms with E-state index < -0.39 is 12.0 Å². The van der Waals surface area contributed by atoms with Crippen LogP contribution in [0.5, 0.6) is 5.88 Å². The van der Waals surface area contributed by atoms with Gasteiger partial charge >= 0.3 is 0 Å². The van der Waals surface area contributed by atoms with Crippen LogP contribution in [0.3, 0.4) is 0 Å². The lowest BCUT2D eigenvalue weighted by Crippen LogP contribution is -2.12. The molecule has 0 aliphatic rings. The van der Waals surface area contributed by atoms with Crippen molar-refractivity contribution in [3.8, 4) is 16.6 Å². The van der Waals surface area contributed by atoms with E-state index in [-0.39, 0.29) is 10.8 Å². The lowest BCUT2D eigenvalue weighted by Gasteiger charge is -2.15. The Morgan fingerprint density at radius 1 is 1.26 bits per heavy atom. The second-order valence-electron chi connectivity index (χ2n) is 5.87. The number of rotatable bonds is 5. The van der Waals surface area contributed by atoms with Crippen molar-refractivity contribution >= 4 is 34.5 Å². The molecule has 0 saturated heterocycles. The molecule has 0 bridgehead atoms. The summed E-state index contributed by atoms with van der Waals surface area (Å²) in [7, 11) is 0. The fourth-order valence-electron chi connectivity index (χ4n) is 2.78. The van der Waals surface area contributed by atoms with Gasteiger partial charge in [-0.2, -0.15) is 4.98 Å². The topological polar surface area (TPSA) is 82.5 Å². The smallest absolute Gasteiger partial charge is 0.264 e. The van der Waals surface area contributed by atoms with Crippen molar-refractivity contribution in [1.82, 2.24) is 14.4 Å². The van der Waals surface area contributed by atoms with Crippen LogP contribution in [0.25, 0.3) is 16.3 Å². The fraction of sp³-hybridized carbons (Fsp3) is 0.105. The number of pyridine rings is 1. The minimum absolute atomic E-state index is 0.195. The van der Waals surface area contributed by atoms with E-state index in [1.807, 2.05) is 53.9 Å². The molecule has 0 aliphatic carbocycles. The Balaban J connectivity index is 1.73. The molecule has 27 heavy (non-hydrogen) atoms. The Morgan fingerprint density at radius 2 is 2.04 bits per heavy atom. The number of nitrogens with zero attached hydrogens (tertiary/aromatic N) is 3. The Hall–Kier alpha value is -2.90. The average molecular weight is 399 g/mol. The van der Waals surface area contributed by atoms with E-state index in [1.165, 1.54) is 11.3 Å². The van der Waals surface area contributed by atoms with Crippen LogP contribution in [-0.2, 0) is 0 Å². The van der Waals surface area contributed by atoms with Gasteiger partial charge < -0.3 is 10.5 Å². The predicted octanol–water partition coefficient (Wildman–Crippen LogP) is 4.35. The highest BCUT2D eigenvalue weighted by Crippen LogP contribution is 2.35. The molecule has 6 nitrogen and oxygen atoms in total. The molecular weight excluding hydrogens is 384 g/mol. The highest BCUT2D eigenvalue weighted by atomic mass is 35.5. The largest absolute Gasteiger partial charge is 0.469 e. The molecule has 8 heteroatoms. The summed E-state index contributed by atoms with van der Waals surface area (Å²) in [4.78, 5) is 21.0. The standard InChI is InChI=1S/C19H15ClN4O2S/c1-11(12-6-2-3-7-13(12)20)26-18-16(17(21)25)27-19(23-18)14-10-22-15-8-4-5-9-24(14)15/h2-11H,1H3,(H2,21,25). The number of amides is 1. The van der Waals surface area contributed by atoms with Gasteiger partial charge in [-0.05, 0) is 25.1 Å². The van der Waals surface area contributed by atoms with Crippen LogP contribution in [-0.4, -0.2) is 20.3 Å². The molecule has 0 aliphatic heterocycles. The number of hydrogen-bond acceptors (Lipinski definition) is 5. The van der Waals surface area contributed by atoms with E-state index in [0.29, 0.717) is 10.0 Å². The van der Waals surface area contributed by atoms with Crippen molar-refractivity contribution in [1.29, 1.82) is 0 Å². The second kappa shape index (κ2) is 7.02. The maximum absolute atomic E-state index is 11.9. The number of thiazole rings is 1. The zero-order valence-electron chi connectivity index (χ0n) is 14.3. The number of benzene rings is 1. The number of carbonyl (C=O) groups is 1. The molecule has 1 atom stereocenters. The van der Waals surface area contributed by atoms with Crippen LogP contribution in [0.2, 0.25) is 5.02 Å². The van der Waals surface area contributed by atoms with Crippen LogP contribution in [0.4, 0.5) is 0 Å². The summed E-state index contributed by atoms with van der Waals surface area (Å²) in [6.45, 7) is 1.85. The van der Waals surface area contributed by atoms with Crippen molar-refractivity contribution < 1.29 is 9.53 Å². The van der Waals surface area contributed by atoms with Gasteiger partial charge in [0, 0.05) is 16.8 Å². The number of fused-ring (bicyclic) bond motifs is 1. The fourth-order valence-corrected chi connectivity index (χ4v) is 3.93. The highest BCUT2D eigenvalue weighted by Gasteiger charge is 2.23. The molecular formula is C19H15ClN4O2S. The Bertz CT molecular complexity index is 1140. The molecule has 3 heterocycles. The molecule has 0 saturated carbocycles. The molecule has 0 spiro atoms. The zero-order valence-corrected chi connectivity index (χ0v) is 15.9. The number of aromatic nitrogens is 3. The van der Waals surface area contributed by atoms with E-state index >= 15 is 0 Å². The number of ether oxygens (including phenoxy) is 1. The Kier molecular flexibility index (Phi) is 4.55. The first kappa shape index (κ1) is 17.5. The minimum atomic E-state index is -0.589. The molecule has 1 amide bonds. The summed E-state index contributed by atoms with van der Waals surface area (Å²) in [5.41, 5.74) is 7.90. The van der Waals surface area contributed by atoms with Crippen molar-refractivity contribution in [2.24, 2.45) is 5.73 Å². The number of primary amides is 1. The van der Waals surface area contributed by atoms with Gasteiger partial charge in [-0.1, -0.05) is 35.9 Å². The van der Waals surface area contributed by atoms with E-state index in [2.05, 4.69) is 9.97 Å². The van der Waals surface area contributed by atoms with Gasteiger partial charge in [0.15, 0.2) is 4.88 Å². The third kappa shape index (κ3) is 3.27. The molecule has 0 radical (unpaired) electrons. The third-order valence-corrected chi connectivity index (χ3v) is 5.51. The second-order valence-corrected chi connectivity index (χ2v) is 7.28. The van der Waals surface area contributed by atoms with Gasteiger partial charge in [-0.25, -0.2) is 4.98 Å². The van der Waals surface area contributed by atoms with E-state index in [1.54, 1.807) is 12.3 Å². The molecule has 4 aromatic rings. The molecule has 0 fully saturated rings. The van der Waals surface area contributed by atoms with Crippen LogP contribution in [0, 0.1) is 0 Å². The third-order valence-electron chi connectivity index (χ3n) is 4.09. The lowest BCUT2D eigenvalue weighted by atomic mass is 10.1. The number of hydrogen-bond donors (Lipinski definition) is 1. The summed E-state index contributed by atoms with van der Waals surface area (Å²) < 4.78 is 7.84. The minimum Gasteiger partial charge on any atom is -0.469 e. The first-order valence-corrected chi connectivity index (χ1v) is 9.38. The van der Waals surface area contributed by atoms with E-state index in [4.69, 9.17) is 22.1 Å². The average Bonchev–Trinajstić information content (AvgIpc) is 3.26. The van der Waals surface area contributed by atoms with E-state index in [0.717, 1.165) is 16.9 Å². The van der Waals surface area contributed by atoms with Crippen molar-refractivity contribution in [2.45, 2.75) is 13.0 Å². The summed E-state index contributed by atoms with van der Waals surface area (Å²) in [6, 6.07) is 13.1. The quantitative estimate of drug-likeness (QED) is 0.541. The van der Waals surface area contributed by atoms with Gasteiger partial charge in [0.05, 0.1) is 6.20 Å². The van der Waals surface area contributed by atoms with Gasteiger partial charge in [0.1, 0.15) is 22.5 Å². The number of halogens is 1. The van der Waals surface area contributed by atoms with E-state index in [9.17, 15) is 4.79 Å². The first-order valence-electron chi connectivity index (χ1n) is 8.19. The summed E-state index contributed by atoms with van der Waals surface area (Å²) >= 11 is 7.42. The summed E-state index contributed by atoms with van der Waals surface area (Å²) in [6.07, 6.45) is 3.20. The first-order chi connectivity index (χ1) is 13.0. The van der Waals surface area contributed by atoms with Gasteiger partial charge in [-0.3, -0.25) is 9.20 Å². The van der Waals surface area contributed by atoms with Gasteiger partial charge in [0.25, 0.3) is 5.91 Å². The molecule has 2 N–H and O–H groups in total. The Morgan fingerprint density at radius 3 is 2.81 bits per heavy atom. The van der Waals surface area contributed by atoms with Crippen LogP contribution in [0.15, 0.2) is 54.9 Å². The molecule has 136 valence electrons. The maximum Gasteiger partial charge on any atom is 0.264 e. The Labute approximate surface area is 164 Å². The maximum atomic E-state index is 11.9. The summed E-state index contributed by atoms with van der Waals surface area (Å²) in [5, 5.41) is 1.19. The van der Waals surface area contributed by atoms with Gasteiger partial charge in [0.2, 0.25) is 5.88 Å². The molecule has 1 aromatic carbocycles. The number of carbonyl (C=O) groups excluding carboxylic acids is 1. The molecule has 3 aromatic heterocycles. The number of nitrogens with two attached hydrogens (primary N) is 1. The normalized spacial score (nSPS) is 12.2. The molecule has 1 unspecified atom stereocenters. The summed E-state index contributed by atoms with van der Waals surface area (Å²) in [5.74, 6) is -0.394. The lowest BCUT2D eigenvalue weighted by molar-refractivity contribution is 0.0997. The van der Waals surface area contributed by atoms with Crippen molar-refractivity contribution in [3.05, 3.63) is 70.3 Å².